The standard InChI is InChI=1S/C23H30N2O/c1-25(2)17-19-11-13-20(14-12-19)22-10-6-5-9-21(22)16-24-23(26)15-18-7-3-4-8-18/h5-6,9-14,18H,3-4,7-8,15-17H2,1-2H3,(H,24,26). The second-order valence-corrected chi connectivity index (χ2v) is 7.72. The average molecular weight is 351 g/mol. The highest BCUT2D eigenvalue weighted by atomic mass is 16.1. The van der Waals surface area contributed by atoms with E-state index in [1.54, 1.807) is 0 Å². The lowest BCUT2D eigenvalue weighted by molar-refractivity contribution is -0.122. The lowest BCUT2D eigenvalue weighted by atomic mass is 9.98. The van der Waals surface area contributed by atoms with Crippen LogP contribution in [0.25, 0.3) is 11.1 Å². The van der Waals surface area contributed by atoms with Crippen LogP contribution in [0, 0.1) is 5.92 Å². The van der Waals surface area contributed by atoms with Gasteiger partial charge in [0.15, 0.2) is 0 Å². The fraction of sp³-hybridized carbons (Fsp3) is 0.435. The molecule has 0 spiro atoms. The maximum atomic E-state index is 12.3. The van der Waals surface area contributed by atoms with Gasteiger partial charge in [-0.1, -0.05) is 61.4 Å². The van der Waals surface area contributed by atoms with E-state index in [2.05, 4.69) is 66.8 Å². The number of nitrogens with one attached hydrogen (secondary N) is 1. The molecule has 1 saturated carbocycles. The van der Waals surface area contributed by atoms with Gasteiger partial charge in [-0.25, -0.2) is 0 Å². The van der Waals surface area contributed by atoms with Crippen molar-refractivity contribution in [2.24, 2.45) is 5.92 Å². The predicted molar refractivity (Wildman–Crippen MR) is 108 cm³/mol. The molecule has 1 fully saturated rings. The van der Waals surface area contributed by atoms with Crippen molar-refractivity contribution in [3.8, 4) is 11.1 Å². The van der Waals surface area contributed by atoms with Gasteiger partial charge in [0.1, 0.15) is 0 Å². The molecular formula is C23H30N2O. The van der Waals surface area contributed by atoms with Crippen LogP contribution in [0.2, 0.25) is 0 Å². The third-order valence-corrected chi connectivity index (χ3v) is 5.21. The Bertz CT molecular complexity index is 715. The molecule has 2 aromatic carbocycles. The molecule has 2 aromatic rings. The van der Waals surface area contributed by atoms with E-state index in [9.17, 15) is 4.79 Å². The SMILES string of the molecule is CN(C)Cc1ccc(-c2ccccc2CNC(=O)CC2CCCC2)cc1. The highest BCUT2D eigenvalue weighted by molar-refractivity contribution is 5.77. The second kappa shape index (κ2) is 9.00. The minimum atomic E-state index is 0.188. The maximum absolute atomic E-state index is 12.3. The van der Waals surface area contributed by atoms with Crippen LogP contribution in [0.4, 0.5) is 0 Å². The van der Waals surface area contributed by atoms with Crippen molar-refractivity contribution < 1.29 is 4.79 Å². The number of hydrogen-bond acceptors (Lipinski definition) is 2. The molecule has 0 saturated heterocycles. The lowest BCUT2D eigenvalue weighted by Crippen LogP contribution is -2.24. The van der Waals surface area contributed by atoms with Gasteiger partial charge in [0, 0.05) is 19.5 Å². The van der Waals surface area contributed by atoms with Crippen molar-refractivity contribution in [3.63, 3.8) is 0 Å². The van der Waals surface area contributed by atoms with E-state index in [0.717, 1.165) is 6.54 Å². The van der Waals surface area contributed by atoms with Gasteiger partial charge in [-0.05, 0) is 55.1 Å². The Balaban J connectivity index is 1.64. The van der Waals surface area contributed by atoms with Crippen molar-refractivity contribution in [1.29, 1.82) is 0 Å². The molecule has 3 rings (SSSR count). The Kier molecular flexibility index (Phi) is 6.45. The number of rotatable bonds is 7. The summed E-state index contributed by atoms with van der Waals surface area (Å²) >= 11 is 0. The first-order valence-corrected chi connectivity index (χ1v) is 9.70. The Morgan fingerprint density at radius 1 is 1.04 bits per heavy atom. The maximum Gasteiger partial charge on any atom is 0.220 e. The Labute approximate surface area is 157 Å². The number of benzene rings is 2. The molecular weight excluding hydrogens is 320 g/mol. The van der Waals surface area contributed by atoms with Gasteiger partial charge in [-0.15, -0.1) is 0 Å². The first-order valence-electron chi connectivity index (χ1n) is 9.70. The Hall–Kier alpha value is -2.13. The molecule has 0 aromatic heterocycles. The summed E-state index contributed by atoms with van der Waals surface area (Å²) in [4.78, 5) is 14.4. The lowest BCUT2D eigenvalue weighted by Gasteiger charge is -2.14. The smallest absolute Gasteiger partial charge is 0.220 e. The molecule has 0 unspecified atom stereocenters. The summed E-state index contributed by atoms with van der Waals surface area (Å²) in [7, 11) is 4.16. The number of carbonyl (C=O) groups excluding carboxylic acids is 1. The third kappa shape index (κ3) is 5.18. The van der Waals surface area contributed by atoms with E-state index >= 15 is 0 Å². The quantitative estimate of drug-likeness (QED) is 0.791. The summed E-state index contributed by atoms with van der Waals surface area (Å²) in [5.41, 5.74) is 4.88. The van der Waals surface area contributed by atoms with Crippen molar-refractivity contribution in [3.05, 3.63) is 59.7 Å². The van der Waals surface area contributed by atoms with Gasteiger partial charge in [-0.2, -0.15) is 0 Å². The van der Waals surface area contributed by atoms with E-state index in [-0.39, 0.29) is 5.91 Å². The number of amides is 1. The zero-order chi connectivity index (χ0) is 18.4. The summed E-state index contributed by atoms with van der Waals surface area (Å²) < 4.78 is 0. The summed E-state index contributed by atoms with van der Waals surface area (Å²) in [6, 6.07) is 17.1. The van der Waals surface area contributed by atoms with E-state index in [0.29, 0.717) is 18.9 Å². The van der Waals surface area contributed by atoms with Gasteiger partial charge in [0.05, 0.1) is 0 Å². The normalized spacial score (nSPS) is 14.7. The molecule has 1 aliphatic rings. The molecule has 1 amide bonds. The molecule has 0 bridgehead atoms. The van der Waals surface area contributed by atoms with Crippen molar-refractivity contribution in [1.82, 2.24) is 10.2 Å². The summed E-state index contributed by atoms with van der Waals surface area (Å²) in [6.45, 7) is 1.54. The van der Waals surface area contributed by atoms with Gasteiger partial charge in [-0.3, -0.25) is 4.79 Å². The first-order chi connectivity index (χ1) is 12.6. The molecule has 1 aliphatic carbocycles. The van der Waals surface area contributed by atoms with Crippen molar-refractivity contribution >= 4 is 5.91 Å². The van der Waals surface area contributed by atoms with Crippen LogP contribution in [0.5, 0.6) is 0 Å². The van der Waals surface area contributed by atoms with Crippen LogP contribution in [0.3, 0.4) is 0 Å². The molecule has 0 heterocycles. The minimum Gasteiger partial charge on any atom is -0.352 e. The van der Waals surface area contributed by atoms with Crippen LogP contribution in [0.15, 0.2) is 48.5 Å². The highest BCUT2D eigenvalue weighted by Crippen LogP contribution is 2.28. The summed E-state index contributed by atoms with van der Waals surface area (Å²) in [6.07, 6.45) is 5.67. The molecule has 0 atom stereocenters. The molecule has 3 heteroatoms. The molecule has 3 nitrogen and oxygen atoms in total. The molecule has 0 aliphatic heterocycles. The number of nitrogens with zero attached hydrogens (tertiary/aromatic N) is 1. The van der Waals surface area contributed by atoms with E-state index < -0.39 is 0 Å². The average Bonchev–Trinajstić information content (AvgIpc) is 3.13. The van der Waals surface area contributed by atoms with Crippen LogP contribution in [-0.4, -0.2) is 24.9 Å². The molecule has 0 radical (unpaired) electrons. The zero-order valence-corrected chi connectivity index (χ0v) is 16.0. The topological polar surface area (TPSA) is 32.3 Å². The van der Waals surface area contributed by atoms with E-state index in [4.69, 9.17) is 0 Å². The number of hydrogen-bond donors (Lipinski definition) is 1. The minimum absolute atomic E-state index is 0.188. The van der Waals surface area contributed by atoms with Crippen LogP contribution in [0.1, 0.15) is 43.2 Å². The fourth-order valence-electron chi connectivity index (χ4n) is 3.85. The van der Waals surface area contributed by atoms with Crippen LogP contribution < -0.4 is 5.32 Å². The first kappa shape index (κ1) is 18.7. The second-order valence-electron chi connectivity index (χ2n) is 7.72. The van der Waals surface area contributed by atoms with E-state index in [1.165, 1.54) is 47.9 Å². The molecule has 26 heavy (non-hydrogen) atoms. The molecule has 1 N–H and O–H groups in total. The molecule has 138 valence electrons. The van der Waals surface area contributed by atoms with Gasteiger partial charge >= 0.3 is 0 Å². The predicted octanol–water partition coefficient (Wildman–Crippen LogP) is 4.61. The third-order valence-electron chi connectivity index (χ3n) is 5.21. The highest BCUT2D eigenvalue weighted by Gasteiger charge is 2.18. The van der Waals surface area contributed by atoms with Crippen molar-refractivity contribution in [2.75, 3.05) is 14.1 Å². The zero-order valence-electron chi connectivity index (χ0n) is 16.0. The fourth-order valence-corrected chi connectivity index (χ4v) is 3.85. The van der Waals surface area contributed by atoms with Gasteiger partial charge < -0.3 is 10.2 Å². The Morgan fingerprint density at radius 2 is 1.73 bits per heavy atom. The monoisotopic (exact) mass is 350 g/mol. The van der Waals surface area contributed by atoms with Crippen molar-refractivity contribution in [2.45, 2.75) is 45.2 Å². The largest absolute Gasteiger partial charge is 0.352 e. The van der Waals surface area contributed by atoms with Crippen LogP contribution >= 0.6 is 0 Å². The number of carbonyl (C=O) groups is 1. The summed E-state index contributed by atoms with van der Waals surface area (Å²) in [5, 5.41) is 3.13. The van der Waals surface area contributed by atoms with Gasteiger partial charge in [0.2, 0.25) is 5.91 Å². The van der Waals surface area contributed by atoms with Gasteiger partial charge in [0.25, 0.3) is 0 Å². The van der Waals surface area contributed by atoms with Crippen LogP contribution in [-0.2, 0) is 17.9 Å². The van der Waals surface area contributed by atoms with E-state index in [1.807, 2.05) is 6.07 Å². The Morgan fingerprint density at radius 3 is 2.42 bits per heavy atom. The summed E-state index contributed by atoms with van der Waals surface area (Å²) in [5.74, 6) is 0.780.